The summed E-state index contributed by atoms with van der Waals surface area (Å²) in [7, 11) is 0.683. The van der Waals surface area contributed by atoms with Crippen molar-refractivity contribution in [1.29, 1.82) is 0 Å². The molecule has 0 spiro atoms. The van der Waals surface area contributed by atoms with Gasteiger partial charge in [-0.05, 0) is 24.5 Å². The molecular weight excluding hydrogens is 287 g/mol. The molecular formula is C16H23O4P. The van der Waals surface area contributed by atoms with Gasteiger partial charge in [-0.15, -0.1) is 0 Å². The van der Waals surface area contributed by atoms with Gasteiger partial charge in [0.1, 0.15) is 24.9 Å². The van der Waals surface area contributed by atoms with Gasteiger partial charge < -0.3 is 14.0 Å². The van der Waals surface area contributed by atoms with Crippen LogP contribution in [-0.4, -0.2) is 25.9 Å². The predicted octanol–water partition coefficient (Wildman–Crippen LogP) is 3.98. The van der Waals surface area contributed by atoms with Crippen LogP contribution < -0.4 is 9.47 Å². The molecule has 0 radical (unpaired) electrons. The highest BCUT2D eigenvalue weighted by atomic mass is 31.1. The molecule has 1 aliphatic rings. The van der Waals surface area contributed by atoms with Gasteiger partial charge in [-0.2, -0.15) is 0 Å². The number of hydrogen-bond acceptors (Lipinski definition) is 4. The third-order valence-corrected chi connectivity index (χ3v) is 5.66. The molecule has 0 bridgehead atoms. The summed E-state index contributed by atoms with van der Waals surface area (Å²) in [6.07, 6.45) is 6.33. The van der Waals surface area contributed by atoms with Gasteiger partial charge in [0.2, 0.25) is 5.52 Å². The molecule has 1 atom stereocenters. The van der Waals surface area contributed by atoms with Gasteiger partial charge in [-0.1, -0.05) is 31.7 Å². The zero-order valence-electron chi connectivity index (χ0n) is 12.7. The Morgan fingerprint density at radius 3 is 2.29 bits per heavy atom. The van der Waals surface area contributed by atoms with Crippen molar-refractivity contribution in [1.82, 2.24) is 0 Å². The summed E-state index contributed by atoms with van der Waals surface area (Å²) in [5.41, 5.74) is -0.00916. The maximum atomic E-state index is 12.5. The van der Waals surface area contributed by atoms with E-state index in [1.165, 1.54) is 39.9 Å². The van der Waals surface area contributed by atoms with E-state index in [0.717, 1.165) is 6.42 Å². The molecule has 0 amide bonds. The topological polar surface area (TPSA) is 52.6 Å². The molecule has 5 heteroatoms. The van der Waals surface area contributed by atoms with Crippen molar-refractivity contribution in [2.45, 2.75) is 32.1 Å². The monoisotopic (exact) mass is 310 g/mol. The molecule has 0 heterocycles. The number of methoxy groups -OCH3 is 2. The second-order valence-corrected chi connectivity index (χ2v) is 7.28. The summed E-state index contributed by atoms with van der Waals surface area (Å²) in [6, 6.07) is 5.15. The van der Waals surface area contributed by atoms with E-state index >= 15 is 0 Å². The lowest BCUT2D eigenvalue weighted by molar-refractivity contribution is 0.107. The van der Waals surface area contributed by atoms with Crippen molar-refractivity contribution in [3.05, 3.63) is 23.8 Å². The van der Waals surface area contributed by atoms with Crippen molar-refractivity contribution in [3.63, 3.8) is 0 Å². The summed E-state index contributed by atoms with van der Waals surface area (Å²) in [5.74, 6) is 1.50. The lowest BCUT2D eigenvalue weighted by Gasteiger charge is -2.12. The molecule has 21 heavy (non-hydrogen) atoms. The Kier molecular flexibility index (Phi) is 5.86. The summed E-state index contributed by atoms with van der Waals surface area (Å²) in [6.45, 7) is 0. The third-order valence-electron chi connectivity index (χ3n) is 4.16. The van der Waals surface area contributed by atoms with Crippen molar-refractivity contribution in [2.75, 3.05) is 20.4 Å². The molecule has 0 aliphatic heterocycles. The fraction of sp³-hybridized carbons (Fsp3) is 0.562. The van der Waals surface area contributed by atoms with Crippen LogP contribution in [0.4, 0.5) is 0 Å². The van der Waals surface area contributed by atoms with Crippen LogP contribution in [0.3, 0.4) is 0 Å². The lowest BCUT2D eigenvalue weighted by atomic mass is 10.1. The average molecular weight is 310 g/mol. The molecule has 1 saturated carbocycles. The fourth-order valence-corrected chi connectivity index (χ4v) is 4.38. The van der Waals surface area contributed by atoms with E-state index in [1.807, 2.05) is 0 Å². The second kappa shape index (κ2) is 7.65. The van der Waals surface area contributed by atoms with Crippen LogP contribution in [0, 0.1) is 5.92 Å². The van der Waals surface area contributed by atoms with Crippen LogP contribution in [0.2, 0.25) is 0 Å². The van der Waals surface area contributed by atoms with Crippen molar-refractivity contribution in [2.24, 2.45) is 5.92 Å². The molecule has 116 valence electrons. The van der Waals surface area contributed by atoms with Gasteiger partial charge in [0.05, 0.1) is 14.2 Å². The highest BCUT2D eigenvalue weighted by Crippen LogP contribution is 2.39. The zero-order valence-corrected chi connectivity index (χ0v) is 13.7. The number of rotatable bonds is 7. The molecule has 1 aromatic carbocycles. The van der Waals surface area contributed by atoms with E-state index in [4.69, 9.17) is 9.47 Å². The van der Waals surface area contributed by atoms with Crippen molar-refractivity contribution >= 4 is 13.3 Å². The van der Waals surface area contributed by atoms with Gasteiger partial charge >= 0.3 is 0 Å². The number of benzene rings is 1. The van der Waals surface area contributed by atoms with Crippen molar-refractivity contribution in [3.8, 4) is 11.5 Å². The maximum absolute atomic E-state index is 12.5. The second-order valence-electron chi connectivity index (χ2n) is 5.48. The first-order valence-electron chi connectivity index (χ1n) is 7.46. The first-order chi connectivity index (χ1) is 10.2. The Morgan fingerprint density at radius 2 is 1.76 bits per heavy atom. The van der Waals surface area contributed by atoms with Crippen LogP contribution in [-0.2, 0) is 4.57 Å². The normalized spacial score (nSPS) is 16.7. The molecule has 1 aliphatic carbocycles. The largest absolute Gasteiger partial charge is 0.496 e. The Bertz CT molecular complexity index is 499. The van der Waals surface area contributed by atoms with E-state index < -0.39 is 7.80 Å². The van der Waals surface area contributed by atoms with E-state index in [9.17, 15) is 9.36 Å². The number of ether oxygens (including phenoxy) is 2. The first-order valence-corrected chi connectivity index (χ1v) is 9.07. The average Bonchev–Trinajstić information content (AvgIpc) is 3.04. The zero-order chi connectivity index (χ0) is 15.2. The fourth-order valence-electron chi connectivity index (χ4n) is 2.96. The Labute approximate surface area is 126 Å². The van der Waals surface area contributed by atoms with Crippen LogP contribution in [0.1, 0.15) is 42.5 Å². The Morgan fingerprint density at radius 1 is 1.19 bits per heavy atom. The van der Waals surface area contributed by atoms with Gasteiger partial charge in [-0.25, -0.2) is 0 Å². The lowest BCUT2D eigenvalue weighted by Crippen LogP contribution is -2.04. The van der Waals surface area contributed by atoms with E-state index in [0.29, 0.717) is 29.1 Å². The van der Waals surface area contributed by atoms with Gasteiger partial charge in [0, 0.05) is 6.16 Å². The molecule has 1 unspecified atom stereocenters. The minimum Gasteiger partial charge on any atom is -0.496 e. The van der Waals surface area contributed by atoms with Gasteiger partial charge in [-0.3, -0.25) is 4.79 Å². The highest BCUT2D eigenvalue weighted by Gasteiger charge is 2.24. The maximum Gasteiger partial charge on any atom is 0.225 e. The smallest absolute Gasteiger partial charge is 0.225 e. The Hall–Kier alpha value is -1.28. The summed E-state index contributed by atoms with van der Waals surface area (Å²) in [5, 5.41) is 0. The molecule has 0 aromatic heterocycles. The number of carbonyl (C=O) groups excluding carboxylic acids is 1. The van der Waals surface area contributed by atoms with E-state index in [1.54, 1.807) is 18.2 Å². The summed E-state index contributed by atoms with van der Waals surface area (Å²) in [4.78, 5) is 12.5. The van der Waals surface area contributed by atoms with E-state index in [2.05, 4.69) is 0 Å². The van der Waals surface area contributed by atoms with Crippen LogP contribution in [0.25, 0.3) is 0 Å². The van der Waals surface area contributed by atoms with Gasteiger partial charge in [0.15, 0.2) is 0 Å². The van der Waals surface area contributed by atoms with Crippen LogP contribution in [0.5, 0.6) is 11.5 Å². The van der Waals surface area contributed by atoms with Crippen molar-refractivity contribution < 1.29 is 18.8 Å². The summed E-state index contributed by atoms with van der Waals surface area (Å²) < 4.78 is 22.8. The van der Waals surface area contributed by atoms with Gasteiger partial charge in [0.25, 0.3) is 0 Å². The van der Waals surface area contributed by atoms with E-state index in [-0.39, 0.29) is 5.52 Å². The molecule has 1 aromatic rings. The minimum atomic E-state index is -2.32. The Balaban J connectivity index is 2.09. The molecule has 0 N–H and O–H groups in total. The molecule has 2 rings (SSSR count). The number of hydrogen-bond donors (Lipinski definition) is 0. The predicted molar refractivity (Wildman–Crippen MR) is 84.3 cm³/mol. The SMILES string of the molecule is COc1cccc(OC)c1C(=O)[PH](=O)CCC1CCCC1. The molecule has 0 saturated heterocycles. The van der Waals surface area contributed by atoms with Crippen LogP contribution >= 0.6 is 7.80 Å². The standard InChI is InChI=1S/C16H23O4P/c1-19-13-8-5-9-14(20-2)15(13)16(17)21(18)11-10-12-6-3-4-7-12/h5,8-9,12,21H,3-4,6-7,10-11H2,1-2H3. The molecule has 1 fully saturated rings. The van der Waals surface area contributed by atoms with Crippen LogP contribution in [0.15, 0.2) is 18.2 Å². The summed E-state index contributed by atoms with van der Waals surface area (Å²) >= 11 is 0. The molecule has 4 nitrogen and oxygen atoms in total. The minimum absolute atomic E-state index is 0.317. The third kappa shape index (κ3) is 3.88. The first kappa shape index (κ1) is 16.1. The quantitative estimate of drug-likeness (QED) is 0.715. The number of carbonyl (C=O) groups is 1. The highest BCUT2D eigenvalue weighted by molar-refractivity contribution is 7.64.